The van der Waals surface area contributed by atoms with Crippen LogP contribution in [0.2, 0.25) is 0 Å². The molecular formula is C11H18O5. The Kier molecular flexibility index (Phi) is 4.53. The average molecular weight is 230 g/mol. The molecular weight excluding hydrogens is 212 g/mol. The Labute approximate surface area is 94.7 Å². The molecule has 2 N–H and O–H groups in total. The molecule has 0 aromatic rings. The first kappa shape index (κ1) is 14.5. The van der Waals surface area contributed by atoms with Gasteiger partial charge in [-0.1, -0.05) is 13.8 Å². The van der Waals surface area contributed by atoms with Gasteiger partial charge in [0.25, 0.3) is 0 Å². The molecule has 0 saturated carbocycles. The molecule has 0 aliphatic carbocycles. The monoisotopic (exact) mass is 230 g/mol. The number of carboxylic acid groups (broad SMARTS) is 2. The molecule has 0 spiro atoms. The molecule has 0 radical (unpaired) electrons. The van der Waals surface area contributed by atoms with Gasteiger partial charge in [0.15, 0.2) is 0 Å². The fourth-order valence-corrected chi connectivity index (χ4v) is 1.13. The third kappa shape index (κ3) is 4.33. The van der Waals surface area contributed by atoms with Crippen LogP contribution in [0.1, 0.15) is 34.6 Å². The number of aliphatic carboxylic acids is 2. The van der Waals surface area contributed by atoms with E-state index in [-0.39, 0.29) is 5.57 Å². The van der Waals surface area contributed by atoms with E-state index < -0.39 is 29.2 Å². The number of hydrogen-bond acceptors (Lipinski definition) is 3. The van der Waals surface area contributed by atoms with E-state index in [2.05, 4.69) is 0 Å². The Morgan fingerprint density at radius 2 is 1.50 bits per heavy atom. The SMILES string of the molecule is CC(C)/C(C(=O)O)=C(\OC(C)(C)C)C(=O)O. The maximum Gasteiger partial charge on any atom is 0.371 e. The Morgan fingerprint density at radius 1 is 1.06 bits per heavy atom. The van der Waals surface area contributed by atoms with Crippen molar-refractivity contribution in [3.63, 3.8) is 0 Å². The quantitative estimate of drug-likeness (QED) is 0.569. The minimum absolute atomic E-state index is 0.220. The number of hydrogen-bond donors (Lipinski definition) is 2. The van der Waals surface area contributed by atoms with Crippen molar-refractivity contribution >= 4 is 11.9 Å². The summed E-state index contributed by atoms with van der Waals surface area (Å²) < 4.78 is 5.18. The summed E-state index contributed by atoms with van der Waals surface area (Å²) in [6.07, 6.45) is 0. The second kappa shape index (κ2) is 5.01. The highest BCUT2D eigenvalue weighted by molar-refractivity contribution is 5.97. The summed E-state index contributed by atoms with van der Waals surface area (Å²) >= 11 is 0. The van der Waals surface area contributed by atoms with Gasteiger partial charge in [0.2, 0.25) is 5.76 Å². The predicted octanol–water partition coefficient (Wildman–Crippen LogP) is 1.88. The van der Waals surface area contributed by atoms with Gasteiger partial charge in [-0.05, 0) is 26.7 Å². The van der Waals surface area contributed by atoms with Crippen LogP contribution < -0.4 is 0 Å². The van der Waals surface area contributed by atoms with E-state index in [9.17, 15) is 9.59 Å². The number of ether oxygens (including phenoxy) is 1. The zero-order valence-electron chi connectivity index (χ0n) is 10.2. The Balaban J connectivity index is 5.51. The van der Waals surface area contributed by atoms with Crippen molar-refractivity contribution in [2.24, 2.45) is 5.92 Å². The van der Waals surface area contributed by atoms with Gasteiger partial charge in [-0.25, -0.2) is 9.59 Å². The Morgan fingerprint density at radius 3 is 1.69 bits per heavy atom. The van der Waals surface area contributed by atoms with Crippen LogP contribution in [0.25, 0.3) is 0 Å². The minimum Gasteiger partial charge on any atom is -0.480 e. The molecule has 0 aliphatic heterocycles. The molecule has 0 rings (SSSR count). The second-order valence-electron chi connectivity index (χ2n) is 4.72. The highest BCUT2D eigenvalue weighted by Crippen LogP contribution is 2.22. The molecule has 0 atom stereocenters. The van der Waals surface area contributed by atoms with Crippen LogP contribution in [-0.4, -0.2) is 27.8 Å². The normalized spacial score (nSPS) is 13.4. The summed E-state index contributed by atoms with van der Waals surface area (Å²) in [5, 5.41) is 17.9. The van der Waals surface area contributed by atoms with Crippen molar-refractivity contribution in [1.29, 1.82) is 0 Å². The second-order valence-corrected chi connectivity index (χ2v) is 4.72. The molecule has 5 nitrogen and oxygen atoms in total. The smallest absolute Gasteiger partial charge is 0.371 e. The molecule has 0 bridgehead atoms. The van der Waals surface area contributed by atoms with Crippen molar-refractivity contribution in [2.45, 2.75) is 40.2 Å². The zero-order chi connectivity index (χ0) is 13.1. The van der Waals surface area contributed by atoms with Gasteiger partial charge in [-0.3, -0.25) is 0 Å². The molecule has 16 heavy (non-hydrogen) atoms. The Hall–Kier alpha value is -1.52. The van der Waals surface area contributed by atoms with Crippen LogP contribution in [0.15, 0.2) is 11.3 Å². The Bertz CT molecular complexity index is 320. The summed E-state index contributed by atoms with van der Waals surface area (Å²) in [7, 11) is 0. The van der Waals surface area contributed by atoms with Crippen molar-refractivity contribution < 1.29 is 24.5 Å². The van der Waals surface area contributed by atoms with Gasteiger partial charge in [0.05, 0.1) is 5.57 Å². The van der Waals surface area contributed by atoms with Crippen LogP contribution in [0.3, 0.4) is 0 Å². The van der Waals surface area contributed by atoms with E-state index in [0.717, 1.165) is 0 Å². The summed E-state index contributed by atoms with van der Waals surface area (Å²) in [6.45, 7) is 8.21. The largest absolute Gasteiger partial charge is 0.480 e. The number of carboxylic acids is 2. The van der Waals surface area contributed by atoms with Crippen molar-refractivity contribution in [2.75, 3.05) is 0 Å². The van der Waals surface area contributed by atoms with Crippen LogP contribution in [-0.2, 0) is 14.3 Å². The molecule has 5 heteroatoms. The van der Waals surface area contributed by atoms with E-state index in [0.29, 0.717) is 0 Å². The fourth-order valence-electron chi connectivity index (χ4n) is 1.13. The van der Waals surface area contributed by atoms with Crippen molar-refractivity contribution in [3.05, 3.63) is 11.3 Å². The minimum atomic E-state index is -1.36. The first-order valence-electron chi connectivity index (χ1n) is 4.96. The average Bonchev–Trinajstić information content (AvgIpc) is 1.98. The molecule has 0 fully saturated rings. The van der Waals surface area contributed by atoms with Crippen molar-refractivity contribution in [1.82, 2.24) is 0 Å². The lowest BCUT2D eigenvalue weighted by Gasteiger charge is -2.23. The summed E-state index contributed by atoms with van der Waals surface area (Å²) in [5.41, 5.74) is -0.967. The highest BCUT2D eigenvalue weighted by Gasteiger charge is 2.28. The molecule has 92 valence electrons. The van der Waals surface area contributed by atoms with Gasteiger partial charge in [-0.2, -0.15) is 0 Å². The topological polar surface area (TPSA) is 83.8 Å². The lowest BCUT2D eigenvalue weighted by Crippen LogP contribution is -2.26. The summed E-state index contributed by atoms with van der Waals surface area (Å²) in [6, 6.07) is 0. The van der Waals surface area contributed by atoms with Crippen LogP contribution in [0.4, 0.5) is 0 Å². The summed E-state index contributed by atoms with van der Waals surface area (Å²) in [4.78, 5) is 22.0. The van der Waals surface area contributed by atoms with Gasteiger partial charge >= 0.3 is 11.9 Å². The molecule has 0 aromatic carbocycles. The van der Waals surface area contributed by atoms with E-state index in [1.165, 1.54) is 0 Å². The first-order chi connectivity index (χ1) is 7.06. The lowest BCUT2D eigenvalue weighted by molar-refractivity contribution is -0.142. The van der Waals surface area contributed by atoms with Gasteiger partial charge < -0.3 is 14.9 Å². The van der Waals surface area contributed by atoms with Crippen molar-refractivity contribution in [3.8, 4) is 0 Å². The lowest BCUT2D eigenvalue weighted by atomic mass is 10.0. The van der Waals surface area contributed by atoms with E-state index >= 15 is 0 Å². The van der Waals surface area contributed by atoms with Gasteiger partial charge in [0, 0.05) is 0 Å². The molecule has 0 saturated heterocycles. The molecule has 0 aromatic heterocycles. The van der Waals surface area contributed by atoms with E-state index in [1.54, 1.807) is 34.6 Å². The van der Waals surface area contributed by atoms with Gasteiger partial charge in [-0.15, -0.1) is 0 Å². The van der Waals surface area contributed by atoms with E-state index in [4.69, 9.17) is 14.9 Å². The third-order valence-electron chi connectivity index (χ3n) is 1.65. The van der Waals surface area contributed by atoms with Gasteiger partial charge in [0.1, 0.15) is 5.60 Å². The van der Waals surface area contributed by atoms with Crippen LogP contribution >= 0.6 is 0 Å². The van der Waals surface area contributed by atoms with E-state index in [1.807, 2.05) is 0 Å². The van der Waals surface area contributed by atoms with Crippen LogP contribution in [0, 0.1) is 5.92 Å². The molecule has 0 heterocycles. The summed E-state index contributed by atoms with van der Waals surface area (Å²) in [5.74, 6) is -3.54. The predicted molar refractivity (Wildman–Crippen MR) is 58.0 cm³/mol. The number of carbonyl (C=O) groups is 2. The fraction of sp³-hybridized carbons (Fsp3) is 0.636. The standard InChI is InChI=1S/C11H18O5/c1-6(2)7(9(12)13)8(10(14)15)16-11(3,4)5/h6H,1-5H3,(H,12,13)(H,14,15)/b8-7+. The molecule has 0 amide bonds. The zero-order valence-corrected chi connectivity index (χ0v) is 10.2. The first-order valence-corrected chi connectivity index (χ1v) is 4.96. The maximum atomic E-state index is 11.0. The maximum absolute atomic E-state index is 11.0. The molecule has 0 unspecified atom stereocenters. The van der Waals surface area contributed by atoms with Crippen LogP contribution in [0.5, 0.6) is 0 Å². The highest BCUT2D eigenvalue weighted by atomic mass is 16.5. The third-order valence-corrected chi connectivity index (χ3v) is 1.65. The number of rotatable bonds is 4. The molecule has 0 aliphatic rings.